The molecule has 0 radical (unpaired) electrons. The van der Waals surface area contributed by atoms with Crippen molar-refractivity contribution in [2.45, 2.75) is 38.9 Å². The minimum Gasteiger partial charge on any atom is -0.392 e. The number of nitrogens with zero attached hydrogens (tertiary/aromatic N) is 1. The molecular weight excluding hydrogens is 228 g/mol. The van der Waals surface area contributed by atoms with Crippen molar-refractivity contribution in [2.75, 3.05) is 0 Å². The lowest BCUT2D eigenvalue weighted by molar-refractivity contribution is 0.128. The van der Waals surface area contributed by atoms with Crippen LogP contribution >= 0.6 is 0 Å². The first-order valence-electron chi connectivity index (χ1n) is 6.43. The molecule has 0 heterocycles. The lowest BCUT2D eigenvalue weighted by atomic mass is 10.1. The van der Waals surface area contributed by atoms with Crippen molar-refractivity contribution in [3.63, 3.8) is 0 Å². The third-order valence-electron chi connectivity index (χ3n) is 3.38. The second kappa shape index (κ2) is 6.40. The van der Waals surface area contributed by atoms with Gasteiger partial charge in [0.1, 0.15) is 12.4 Å². The summed E-state index contributed by atoms with van der Waals surface area (Å²) in [6.45, 7) is 0.479. The zero-order valence-electron chi connectivity index (χ0n) is 10.5. The number of oxime groups is 1. The molecular formula is C14H20N2O2. The van der Waals surface area contributed by atoms with Crippen molar-refractivity contribution in [1.82, 2.24) is 0 Å². The first kappa shape index (κ1) is 12.9. The van der Waals surface area contributed by atoms with Gasteiger partial charge < -0.3 is 15.7 Å². The predicted molar refractivity (Wildman–Crippen MR) is 70.7 cm³/mol. The molecule has 0 bridgehead atoms. The van der Waals surface area contributed by atoms with Gasteiger partial charge in [0.15, 0.2) is 0 Å². The van der Waals surface area contributed by atoms with Crippen LogP contribution in [0.25, 0.3) is 0 Å². The summed E-state index contributed by atoms with van der Waals surface area (Å²) in [7, 11) is 0. The van der Waals surface area contributed by atoms with Gasteiger partial charge in [-0.3, -0.25) is 0 Å². The molecule has 1 aliphatic rings. The molecule has 0 atom stereocenters. The average Bonchev–Trinajstić information content (AvgIpc) is 2.93. The number of nitrogens with two attached hydrogens (primary N) is 1. The highest BCUT2D eigenvalue weighted by atomic mass is 16.6. The number of aliphatic hydroxyl groups excluding tert-OH is 1. The third-order valence-corrected chi connectivity index (χ3v) is 3.38. The van der Waals surface area contributed by atoms with Crippen LogP contribution in [0.1, 0.15) is 36.8 Å². The Labute approximate surface area is 107 Å². The van der Waals surface area contributed by atoms with Gasteiger partial charge in [-0.2, -0.15) is 0 Å². The van der Waals surface area contributed by atoms with Crippen molar-refractivity contribution in [1.29, 1.82) is 0 Å². The van der Waals surface area contributed by atoms with E-state index in [0.29, 0.717) is 18.4 Å². The van der Waals surface area contributed by atoms with Gasteiger partial charge >= 0.3 is 0 Å². The molecule has 1 aliphatic carbocycles. The summed E-state index contributed by atoms with van der Waals surface area (Å²) in [5.74, 6) is 1.03. The minimum atomic E-state index is 0.0634. The molecule has 1 aromatic rings. The van der Waals surface area contributed by atoms with Gasteiger partial charge in [-0.25, -0.2) is 0 Å². The number of hydrogen-bond donors (Lipinski definition) is 2. The molecule has 98 valence electrons. The van der Waals surface area contributed by atoms with Crippen LogP contribution in [-0.2, 0) is 18.1 Å². The normalized spacial score (nSPS) is 17.1. The Hall–Kier alpha value is -1.55. The molecule has 0 aromatic heterocycles. The van der Waals surface area contributed by atoms with Crippen molar-refractivity contribution < 1.29 is 9.94 Å². The van der Waals surface area contributed by atoms with E-state index in [-0.39, 0.29) is 6.61 Å². The molecule has 0 unspecified atom stereocenters. The third kappa shape index (κ3) is 3.47. The summed E-state index contributed by atoms with van der Waals surface area (Å²) in [6.07, 6.45) is 4.74. The molecule has 0 aliphatic heterocycles. The van der Waals surface area contributed by atoms with E-state index in [0.717, 1.165) is 24.0 Å². The predicted octanol–water partition coefficient (Wildman–Crippen LogP) is 2.16. The van der Waals surface area contributed by atoms with Gasteiger partial charge in [0.25, 0.3) is 0 Å². The maximum absolute atomic E-state index is 8.93. The molecule has 0 amide bonds. The average molecular weight is 248 g/mol. The van der Waals surface area contributed by atoms with E-state index < -0.39 is 0 Å². The Morgan fingerprint density at radius 3 is 2.44 bits per heavy atom. The Kier molecular flexibility index (Phi) is 4.59. The molecule has 1 fully saturated rings. The Bertz CT molecular complexity index is 395. The lowest BCUT2D eigenvalue weighted by Crippen LogP contribution is -2.21. The summed E-state index contributed by atoms with van der Waals surface area (Å²) in [4.78, 5) is 5.27. The number of aliphatic hydroxyl groups is 1. The number of hydrogen-bond acceptors (Lipinski definition) is 3. The van der Waals surface area contributed by atoms with E-state index in [1.54, 1.807) is 0 Å². The quantitative estimate of drug-likeness (QED) is 0.476. The SMILES string of the molecule is N/C(=N/OCc1ccc(CO)cc1)C1CCCC1. The first-order valence-corrected chi connectivity index (χ1v) is 6.43. The van der Waals surface area contributed by atoms with Crippen LogP contribution in [0.2, 0.25) is 0 Å². The summed E-state index contributed by atoms with van der Waals surface area (Å²) in [5, 5.41) is 12.9. The van der Waals surface area contributed by atoms with E-state index in [4.69, 9.17) is 15.7 Å². The van der Waals surface area contributed by atoms with E-state index >= 15 is 0 Å². The van der Waals surface area contributed by atoms with Crippen LogP contribution in [0.5, 0.6) is 0 Å². The molecule has 2 rings (SSSR count). The largest absolute Gasteiger partial charge is 0.392 e. The molecule has 4 heteroatoms. The fourth-order valence-corrected chi connectivity index (χ4v) is 2.22. The van der Waals surface area contributed by atoms with E-state index in [1.807, 2.05) is 24.3 Å². The second-order valence-corrected chi connectivity index (χ2v) is 4.75. The van der Waals surface area contributed by atoms with Crippen molar-refractivity contribution in [2.24, 2.45) is 16.8 Å². The molecule has 1 aromatic carbocycles. The van der Waals surface area contributed by atoms with Gasteiger partial charge in [0.2, 0.25) is 0 Å². The van der Waals surface area contributed by atoms with Crippen LogP contribution in [0, 0.1) is 5.92 Å². The highest BCUT2D eigenvalue weighted by molar-refractivity contribution is 5.82. The number of rotatable bonds is 5. The summed E-state index contributed by atoms with van der Waals surface area (Å²) in [5.41, 5.74) is 7.80. The standard InChI is InChI=1S/C14H20N2O2/c15-14(13-3-1-2-4-13)16-18-10-12-7-5-11(9-17)6-8-12/h5-8,13,17H,1-4,9-10H2,(H2,15,16). The fourth-order valence-electron chi connectivity index (χ4n) is 2.22. The van der Waals surface area contributed by atoms with Crippen molar-refractivity contribution in [3.05, 3.63) is 35.4 Å². The van der Waals surface area contributed by atoms with Crippen LogP contribution < -0.4 is 5.73 Å². The summed E-state index contributed by atoms with van der Waals surface area (Å²) < 4.78 is 0. The van der Waals surface area contributed by atoms with Gasteiger partial charge in [-0.1, -0.05) is 42.3 Å². The molecule has 1 saturated carbocycles. The first-order chi connectivity index (χ1) is 8.79. The van der Waals surface area contributed by atoms with Crippen LogP contribution in [0.15, 0.2) is 29.4 Å². The van der Waals surface area contributed by atoms with Gasteiger partial charge in [-0.15, -0.1) is 0 Å². The minimum absolute atomic E-state index is 0.0634. The lowest BCUT2D eigenvalue weighted by Gasteiger charge is -2.07. The van der Waals surface area contributed by atoms with Crippen LogP contribution in [-0.4, -0.2) is 10.9 Å². The Morgan fingerprint density at radius 1 is 1.22 bits per heavy atom. The zero-order chi connectivity index (χ0) is 12.8. The maximum Gasteiger partial charge on any atom is 0.142 e. The topological polar surface area (TPSA) is 67.8 Å². The number of benzene rings is 1. The second-order valence-electron chi connectivity index (χ2n) is 4.75. The molecule has 3 N–H and O–H groups in total. The van der Waals surface area contributed by atoms with E-state index in [2.05, 4.69) is 5.16 Å². The highest BCUT2D eigenvalue weighted by Gasteiger charge is 2.18. The molecule has 0 saturated heterocycles. The monoisotopic (exact) mass is 248 g/mol. The van der Waals surface area contributed by atoms with Crippen molar-refractivity contribution >= 4 is 5.84 Å². The van der Waals surface area contributed by atoms with Crippen molar-refractivity contribution in [3.8, 4) is 0 Å². The van der Waals surface area contributed by atoms with Gasteiger partial charge in [-0.05, 0) is 24.0 Å². The fraction of sp³-hybridized carbons (Fsp3) is 0.500. The summed E-state index contributed by atoms with van der Waals surface area (Å²) >= 11 is 0. The maximum atomic E-state index is 8.93. The number of amidine groups is 1. The molecule has 18 heavy (non-hydrogen) atoms. The van der Waals surface area contributed by atoms with Crippen LogP contribution in [0.4, 0.5) is 0 Å². The highest BCUT2D eigenvalue weighted by Crippen LogP contribution is 2.24. The van der Waals surface area contributed by atoms with E-state index in [9.17, 15) is 0 Å². The van der Waals surface area contributed by atoms with Gasteiger partial charge in [0, 0.05) is 5.92 Å². The Balaban J connectivity index is 1.81. The summed E-state index contributed by atoms with van der Waals surface area (Å²) in [6, 6.07) is 7.60. The molecule has 4 nitrogen and oxygen atoms in total. The smallest absolute Gasteiger partial charge is 0.142 e. The van der Waals surface area contributed by atoms with Gasteiger partial charge in [0.05, 0.1) is 6.61 Å². The zero-order valence-corrected chi connectivity index (χ0v) is 10.5. The van der Waals surface area contributed by atoms with Crippen LogP contribution in [0.3, 0.4) is 0 Å². The van der Waals surface area contributed by atoms with E-state index in [1.165, 1.54) is 12.8 Å². The molecule has 0 spiro atoms. The Morgan fingerprint density at radius 2 is 1.83 bits per heavy atom.